The lowest BCUT2D eigenvalue weighted by Gasteiger charge is -2.20. The minimum atomic E-state index is -0.395. The molecule has 2 amide bonds. The topological polar surface area (TPSA) is 100 Å². The van der Waals surface area contributed by atoms with Crippen molar-refractivity contribution in [3.63, 3.8) is 0 Å². The van der Waals surface area contributed by atoms with E-state index in [1.54, 1.807) is 30.5 Å². The number of carbonyl (C=O) groups is 2. The second-order valence-electron chi connectivity index (χ2n) is 7.90. The van der Waals surface area contributed by atoms with Crippen LogP contribution in [0.5, 0.6) is 0 Å². The van der Waals surface area contributed by atoms with Gasteiger partial charge in [-0.05, 0) is 42.5 Å². The van der Waals surface area contributed by atoms with Gasteiger partial charge < -0.3 is 19.5 Å². The summed E-state index contributed by atoms with van der Waals surface area (Å²) in [6.07, 6.45) is 2.03. The Kier molecular flexibility index (Phi) is 5.81. The summed E-state index contributed by atoms with van der Waals surface area (Å²) in [4.78, 5) is 24.6. The van der Waals surface area contributed by atoms with Crippen molar-refractivity contribution in [2.75, 3.05) is 17.2 Å². The predicted octanol–water partition coefficient (Wildman–Crippen LogP) is 5.43. The van der Waals surface area contributed by atoms with E-state index in [1.807, 2.05) is 36.4 Å². The number of benzene rings is 2. The maximum Gasteiger partial charge on any atom is 0.262 e. The molecule has 1 aliphatic heterocycles. The van der Waals surface area contributed by atoms with Crippen molar-refractivity contribution in [3.8, 4) is 0 Å². The molecule has 2 aromatic carbocycles. The van der Waals surface area contributed by atoms with Crippen LogP contribution >= 0.6 is 11.6 Å². The van der Waals surface area contributed by atoms with Gasteiger partial charge in [-0.2, -0.15) is 5.10 Å². The zero-order valence-electron chi connectivity index (χ0n) is 18.2. The predicted molar refractivity (Wildman–Crippen MR) is 130 cm³/mol. The smallest absolute Gasteiger partial charge is 0.262 e. The van der Waals surface area contributed by atoms with Gasteiger partial charge in [-0.1, -0.05) is 29.8 Å². The third-order valence-corrected chi connectivity index (χ3v) is 5.79. The highest BCUT2D eigenvalue weighted by molar-refractivity contribution is 6.33. The molecule has 0 bridgehead atoms. The number of nitrogens with zero attached hydrogens (tertiary/aromatic N) is 2. The molecule has 0 radical (unpaired) electrons. The van der Waals surface area contributed by atoms with Gasteiger partial charge in [0.15, 0.2) is 5.76 Å². The van der Waals surface area contributed by atoms with Gasteiger partial charge >= 0.3 is 0 Å². The fraction of sp³-hybridized carbons (Fsp3) is 0.160. The van der Waals surface area contributed by atoms with E-state index in [4.69, 9.17) is 20.4 Å². The van der Waals surface area contributed by atoms with Crippen molar-refractivity contribution in [2.45, 2.75) is 19.4 Å². The van der Waals surface area contributed by atoms with Crippen LogP contribution in [-0.4, -0.2) is 29.1 Å². The molecule has 1 atom stereocenters. The molecule has 172 valence electrons. The fourth-order valence-corrected chi connectivity index (χ4v) is 4.09. The number of para-hydroxylation sites is 1. The molecule has 0 fully saturated rings. The lowest BCUT2D eigenvalue weighted by Crippen LogP contribution is -2.32. The van der Waals surface area contributed by atoms with Crippen molar-refractivity contribution in [3.05, 3.63) is 83.5 Å². The van der Waals surface area contributed by atoms with Crippen molar-refractivity contribution >= 4 is 51.5 Å². The molecule has 34 heavy (non-hydrogen) atoms. The Morgan fingerprint density at radius 3 is 2.76 bits per heavy atom. The summed E-state index contributed by atoms with van der Waals surface area (Å²) in [5.74, 6) is 0.782. The number of hydrogen-bond donors (Lipinski definition) is 2. The quantitative estimate of drug-likeness (QED) is 0.386. The summed E-state index contributed by atoms with van der Waals surface area (Å²) in [7, 11) is 0. The number of furan rings is 2. The minimum Gasteiger partial charge on any atom is -0.467 e. The van der Waals surface area contributed by atoms with Crippen LogP contribution < -0.4 is 10.6 Å². The zero-order valence-corrected chi connectivity index (χ0v) is 19.0. The molecular formula is C25H21ClN4O4. The lowest BCUT2D eigenvalue weighted by molar-refractivity contribution is -0.131. The van der Waals surface area contributed by atoms with Crippen LogP contribution in [0.4, 0.5) is 11.4 Å². The summed E-state index contributed by atoms with van der Waals surface area (Å²) in [6, 6.07) is 17.9. The van der Waals surface area contributed by atoms with E-state index in [-0.39, 0.29) is 18.4 Å². The average molecular weight is 477 g/mol. The maximum atomic E-state index is 13.2. The van der Waals surface area contributed by atoms with Gasteiger partial charge in [0.25, 0.3) is 5.91 Å². The average Bonchev–Trinajstić information content (AvgIpc) is 3.57. The van der Waals surface area contributed by atoms with Crippen LogP contribution in [0.2, 0.25) is 5.02 Å². The summed E-state index contributed by atoms with van der Waals surface area (Å²) in [5, 5.41) is 13.2. The third-order valence-electron chi connectivity index (χ3n) is 5.46. The van der Waals surface area contributed by atoms with Crippen LogP contribution in [0.1, 0.15) is 30.9 Å². The number of anilines is 2. The van der Waals surface area contributed by atoms with Crippen LogP contribution in [0.25, 0.3) is 11.0 Å². The molecule has 0 saturated heterocycles. The summed E-state index contributed by atoms with van der Waals surface area (Å²) < 4.78 is 11.6. The largest absolute Gasteiger partial charge is 0.467 e. The van der Waals surface area contributed by atoms with Gasteiger partial charge in [0.1, 0.15) is 23.1 Å². The Balaban J connectivity index is 1.38. The Hall–Kier alpha value is -4.04. The highest BCUT2D eigenvalue weighted by Gasteiger charge is 2.35. The number of fused-ring (bicyclic) bond motifs is 1. The normalized spacial score (nSPS) is 15.4. The first-order chi connectivity index (χ1) is 16.5. The number of carbonyl (C=O) groups excluding carboxylic acids is 2. The molecular weight excluding hydrogens is 456 g/mol. The lowest BCUT2D eigenvalue weighted by atomic mass is 10.1. The second kappa shape index (κ2) is 9.07. The van der Waals surface area contributed by atoms with E-state index in [0.717, 1.165) is 11.0 Å². The van der Waals surface area contributed by atoms with Crippen LogP contribution in [0.15, 0.2) is 80.9 Å². The van der Waals surface area contributed by atoms with E-state index in [2.05, 4.69) is 15.7 Å². The maximum absolute atomic E-state index is 13.2. The van der Waals surface area contributed by atoms with Gasteiger partial charge in [-0.25, -0.2) is 5.01 Å². The second-order valence-corrected chi connectivity index (χ2v) is 8.31. The van der Waals surface area contributed by atoms with Gasteiger partial charge in [0, 0.05) is 24.4 Å². The Bertz CT molecular complexity index is 1360. The molecule has 2 N–H and O–H groups in total. The highest BCUT2D eigenvalue weighted by Crippen LogP contribution is 2.34. The van der Waals surface area contributed by atoms with Gasteiger partial charge in [-0.3, -0.25) is 9.59 Å². The van der Waals surface area contributed by atoms with E-state index in [9.17, 15) is 9.59 Å². The van der Waals surface area contributed by atoms with Crippen LogP contribution in [0, 0.1) is 0 Å². The summed E-state index contributed by atoms with van der Waals surface area (Å²) >= 11 is 6.27. The number of amides is 2. The summed E-state index contributed by atoms with van der Waals surface area (Å²) in [5.41, 5.74) is 2.52. The first-order valence-corrected chi connectivity index (χ1v) is 11.1. The van der Waals surface area contributed by atoms with Crippen LogP contribution in [-0.2, 0) is 9.59 Å². The molecule has 0 spiro atoms. The monoisotopic (exact) mass is 476 g/mol. The number of hydrazone groups is 1. The van der Waals surface area contributed by atoms with E-state index in [1.165, 1.54) is 11.9 Å². The molecule has 0 aliphatic carbocycles. The number of hydrogen-bond acceptors (Lipinski definition) is 6. The Morgan fingerprint density at radius 1 is 1.15 bits per heavy atom. The van der Waals surface area contributed by atoms with Crippen LogP contribution in [0.3, 0.4) is 0 Å². The molecule has 1 aliphatic rings. The van der Waals surface area contributed by atoms with Gasteiger partial charge in [-0.15, -0.1) is 0 Å². The number of nitrogens with one attached hydrogen (secondary N) is 2. The zero-order chi connectivity index (χ0) is 23.7. The summed E-state index contributed by atoms with van der Waals surface area (Å²) in [6.45, 7) is 1.36. The van der Waals surface area contributed by atoms with Gasteiger partial charge in [0.05, 0.1) is 23.5 Å². The third kappa shape index (κ3) is 4.40. The van der Waals surface area contributed by atoms with Crippen molar-refractivity contribution in [1.82, 2.24) is 5.01 Å². The fourth-order valence-electron chi connectivity index (χ4n) is 3.91. The Morgan fingerprint density at radius 2 is 2.00 bits per heavy atom. The van der Waals surface area contributed by atoms with E-state index >= 15 is 0 Å². The Labute approximate surface area is 200 Å². The molecule has 8 nitrogen and oxygen atoms in total. The number of rotatable bonds is 6. The van der Waals surface area contributed by atoms with Crippen molar-refractivity contribution in [1.29, 1.82) is 0 Å². The first-order valence-electron chi connectivity index (χ1n) is 10.7. The standard InChI is InChI=1S/C25H21ClN4O4/c1-15(31)28-17-8-9-18(26)19(12-17)27-14-25(32)30-21(23-7-4-10-33-23)13-20(29-30)24-11-16-5-2-3-6-22(16)34-24/h2-12,21,27H,13-14H2,1H3,(H,28,31). The molecule has 1 unspecified atom stereocenters. The van der Waals surface area contributed by atoms with E-state index < -0.39 is 6.04 Å². The highest BCUT2D eigenvalue weighted by atomic mass is 35.5. The number of halogens is 1. The van der Waals surface area contributed by atoms with Crippen molar-refractivity contribution in [2.24, 2.45) is 5.10 Å². The molecule has 2 aromatic heterocycles. The molecule has 4 aromatic rings. The van der Waals surface area contributed by atoms with E-state index in [0.29, 0.717) is 40.1 Å². The minimum absolute atomic E-state index is 0.0582. The molecule has 0 saturated carbocycles. The SMILES string of the molecule is CC(=O)Nc1ccc(Cl)c(NCC(=O)N2N=C(c3cc4ccccc4o3)CC2c2ccco2)c1. The molecule has 9 heteroatoms. The molecule has 3 heterocycles. The van der Waals surface area contributed by atoms with Crippen molar-refractivity contribution < 1.29 is 18.4 Å². The molecule has 5 rings (SSSR count). The first kappa shape index (κ1) is 21.8. The van der Waals surface area contributed by atoms with Gasteiger partial charge in [0.2, 0.25) is 5.91 Å².